The smallest absolute Gasteiger partial charge is 0.303 e. The van der Waals surface area contributed by atoms with Crippen LogP contribution in [0.3, 0.4) is 0 Å². The van der Waals surface area contributed by atoms with Crippen LogP contribution in [0.2, 0.25) is 0 Å². The zero-order chi connectivity index (χ0) is 24.9. The van der Waals surface area contributed by atoms with Crippen molar-refractivity contribution in [1.29, 1.82) is 0 Å². The monoisotopic (exact) mass is 480 g/mol. The number of alkyl halides is 2. The van der Waals surface area contributed by atoms with Gasteiger partial charge in [0, 0.05) is 10.9 Å². The molecule has 6 nitrogen and oxygen atoms in total. The Morgan fingerprint density at radius 2 is 1.76 bits per heavy atom. The highest BCUT2D eigenvalue weighted by molar-refractivity contribution is 7.69. The third kappa shape index (κ3) is 4.75. The summed E-state index contributed by atoms with van der Waals surface area (Å²) < 4.78 is 57.2. The molecule has 0 radical (unpaired) electrons. The first-order chi connectivity index (χ1) is 15.0. The summed E-state index contributed by atoms with van der Waals surface area (Å²) in [5, 5.41) is 13.5. The number of halogens is 3. The molecule has 3 rings (SSSR count). The van der Waals surface area contributed by atoms with Crippen LogP contribution in [0.15, 0.2) is 24.3 Å². The number of fused-ring (bicyclic) bond motifs is 1. The van der Waals surface area contributed by atoms with Crippen LogP contribution in [0, 0.1) is 19.7 Å². The molecular formula is C23H28F3N4O2P. The molecule has 33 heavy (non-hydrogen) atoms. The molecule has 178 valence electrons. The Labute approximate surface area is 191 Å². The topological polar surface area (TPSA) is 88.0 Å². The minimum atomic E-state index is -3.80. The normalized spacial score (nSPS) is 13.9. The van der Waals surface area contributed by atoms with Crippen LogP contribution in [0.1, 0.15) is 49.5 Å². The minimum absolute atomic E-state index is 0.0107. The molecule has 1 unspecified atom stereocenters. The lowest BCUT2D eigenvalue weighted by molar-refractivity contribution is -0.170. The second-order valence-electron chi connectivity index (χ2n) is 9.14. The van der Waals surface area contributed by atoms with Crippen LogP contribution >= 0.6 is 7.14 Å². The van der Waals surface area contributed by atoms with Gasteiger partial charge in [-0.15, -0.1) is 0 Å². The second kappa shape index (κ2) is 8.37. The molecule has 3 aromatic rings. The number of pyridine rings is 1. The molecule has 0 amide bonds. The predicted octanol–water partition coefficient (Wildman–Crippen LogP) is 5.06. The molecule has 2 aromatic heterocycles. The second-order valence-corrected chi connectivity index (χ2v) is 12.3. The maximum absolute atomic E-state index is 15.2. The van der Waals surface area contributed by atoms with Crippen molar-refractivity contribution >= 4 is 29.3 Å². The summed E-state index contributed by atoms with van der Waals surface area (Å²) in [6.07, 6.45) is 0. The van der Waals surface area contributed by atoms with Crippen molar-refractivity contribution in [3.8, 4) is 0 Å². The van der Waals surface area contributed by atoms with Crippen LogP contribution in [0.25, 0.3) is 10.9 Å². The van der Waals surface area contributed by atoms with E-state index in [0.29, 0.717) is 33.7 Å². The van der Waals surface area contributed by atoms with Gasteiger partial charge in [-0.25, -0.2) is 19.3 Å². The number of nitrogens with one attached hydrogen (secondary N) is 1. The molecule has 10 heteroatoms. The van der Waals surface area contributed by atoms with Crippen LogP contribution < -0.4 is 10.8 Å². The quantitative estimate of drug-likeness (QED) is 0.480. The Morgan fingerprint density at radius 1 is 1.12 bits per heavy atom. The van der Waals surface area contributed by atoms with E-state index in [9.17, 15) is 18.5 Å². The van der Waals surface area contributed by atoms with Crippen molar-refractivity contribution in [2.45, 2.75) is 52.2 Å². The largest absolute Gasteiger partial charge is 0.384 e. The van der Waals surface area contributed by atoms with E-state index in [2.05, 4.69) is 20.3 Å². The number of rotatable bonds is 6. The third-order valence-electron chi connectivity index (χ3n) is 5.46. The van der Waals surface area contributed by atoms with E-state index >= 15 is 4.39 Å². The average Bonchev–Trinajstić information content (AvgIpc) is 2.66. The number of aryl methyl sites for hydroxylation is 2. The summed E-state index contributed by atoms with van der Waals surface area (Å²) >= 11 is 0. The van der Waals surface area contributed by atoms with E-state index in [0.717, 1.165) is 19.9 Å². The highest BCUT2D eigenvalue weighted by Crippen LogP contribution is 2.41. The molecule has 0 spiro atoms. The number of aliphatic hydroxyl groups is 1. The molecule has 0 saturated carbocycles. The Hall–Kier alpha value is -2.51. The van der Waals surface area contributed by atoms with Gasteiger partial charge in [-0.2, -0.15) is 8.78 Å². The molecule has 2 heterocycles. The Kier molecular flexibility index (Phi) is 6.37. The maximum Gasteiger partial charge on any atom is 0.303 e. The number of anilines is 1. The van der Waals surface area contributed by atoms with Gasteiger partial charge in [0.15, 0.2) is 0 Å². The molecule has 0 bridgehead atoms. The van der Waals surface area contributed by atoms with Gasteiger partial charge in [0.1, 0.15) is 35.6 Å². The van der Waals surface area contributed by atoms with Gasteiger partial charge in [0.25, 0.3) is 0 Å². The first kappa shape index (κ1) is 25.1. The Morgan fingerprint density at radius 3 is 2.33 bits per heavy atom. The van der Waals surface area contributed by atoms with Crippen LogP contribution in [0.5, 0.6) is 0 Å². The molecule has 0 aliphatic carbocycles. The van der Waals surface area contributed by atoms with Crippen molar-refractivity contribution in [1.82, 2.24) is 15.0 Å². The van der Waals surface area contributed by atoms with Gasteiger partial charge >= 0.3 is 5.92 Å². The van der Waals surface area contributed by atoms with Crippen LogP contribution in [0.4, 0.5) is 19.0 Å². The number of hydrogen-bond donors (Lipinski definition) is 2. The van der Waals surface area contributed by atoms with Crippen molar-refractivity contribution in [2.24, 2.45) is 0 Å². The molecule has 2 N–H and O–H groups in total. The Balaban J connectivity index is 2.11. The zero-order valence-electron chi connectivity index (χ0n) is 19.7. The van der Waals surface area contributed by atoms with E-state index in [-0.39, 0.29) is 5.56 Å². The van der Waals surface area contributed by atoms with Gasteiger partial charge in [-0.1, -0.05) is 12.1 Å². The number of benzene rings is 1. The van der Waals surface area contributed by atoms with Gasteiger partial charge in [0.2, 0.25) is 0 Å². The molecular weight excluding hydrogens is 452 g/mol. The maximum atomic E-state index is 15.2. The number of nitrogens with zero attached hydrogens (tertiary/aromatic N) is 3. The summed E-state index contributed by atoms with van der Waals surface area (Å²) in [6.45, 7) is 10.1. The first-order valence-corrected chi connectivity index (χ1v) is 13.0. The standard InChI is InChI=1S/C23H28F3N4O2P/c1-12(15-9-8-10-17(19(15)24)23(25,26)22(4,5)31)28-21-16-11-18(33(6,7)32)27-13(2)20(16)29-14(3)30-21/h8-12,31H,1-7H3,(H,28,29,30). The first-order valence-electron chi connectivity index (χ1n) is 10.4. The fraction of sp³-hybridized carbons (Fsp3) is 0.435. The van der Waals surface area contributed by atoms with Gasteiger partial charge in [-0.05, 0) is 60.1 Å². The van der Waals surface area contributed by atoms with E-state index in [4.69, 9.17) is 0 Å². The van der Waals surface area contributed by atoms with Gasteiger partial charge in [0.05, 0.1) is 22.8 Å². The van der Waals surface area contributed by atoms with E-state index in [1.807, 2.05) is 0 Å². The summed E-state index contributed by atoms with van der Waals surface area (Å²) in [5.41, 5.74) is -1.80. The summed E-state index contributed by atoms with van der Waals surface area (Å²) in [6, 6.07) is 4.58. The van der Waals surface area contributed by atoms with Crippen molar-refractivity contribution < 1.29 is 22.8 Å². The molecule has 1 atom stereocenters. The summed E-state index contributed by atoms with van der Waals surface area (Å²) in [7, 11) is -2.68. The third-order valence-corrected chi connectivity index (χ3v) is 6.80. The average molecular weight is 480 g/mol. The SMILES string of the molecule is Cc1nc(NC(C)c2cccc(C(F)(F)C(C)(C)O)c2F)c2cc(P(C)(C)=O)nc(C)c2n1. The number of hydrogen-bond acceptors (Lipinski definition) is 6. The zero-order valence-corrected chi connectivity index (χ0v) is 20.6. The van der Waals surface area contributed by atoms with Crippen LogP contribution in [-0.2, 0) is 10.5 Å². The van der Waals surface area contributed by atoms with E-state index in [1.165, 1.54) is 12.1 Å². The highest BCUT2D eigenvalue weighted by atomic mass is 31.2. The lowest BCUT2D eigenvalue weighted by Crippen LogP contribution is -2.41. The lowest BCUT2D eigenvalue weighted by Gasteiger charge is -2.30. The van der Waals surface area contributed by atoms with E-state index < -0.39 is 36.1 Å². The van der Waals surface area contributed by atoms with E-state index in [1.54, 1.807) is 40.2 Å². The van der Waals surface area contributed by atoms with Crippen molar-refractivity contribution in [2.75, 3.05) is 18.6 Å². The molecule has 0 saturated heterocycles. The molecule has 0 aliphatic rings. The lowest BCUT2D eigenvalue weighted by atomic mass is 9.91. The van der Waals surface area contributed by atoms with Crippen molar-refractivity contribution in [3.63, 3.8) is 0 Å². The minimum Gasteiger partial charge on any atom is -0.384 e. The number of aromatic nitrogens is 3. The Bertz CT molecular complexity index is 1270. The summed E-state index contributed by atoms with van der Waals surface area (Å²) in [4.78, 5) is 13.3. The van der Waals surface area contributed by atoms with Gasteiger partial charge in [-0.3, -0.25) is 0 Å². The fourth-order valence-electron chi connectivity index (χ4n) is 3.50. The van der Waals surface area contributed by atoms with Crippen molar-refractivity contribution in [3.05, 3.63) is 52.7 Å². The fourth-order valence-corrected chi connectivity index (χ4v) is 4.34. The summed E-state index contributed by atoms with van der Waals surface area (Å²) in [5.74, 6) is -4.12. The molecule has 0 aliphatic heterocycles. The molecule has 1 aromatic carbocycles. The van der Waals surface area contributed by atoms with Crippen LogP contribution in [-0.4, -0.2) is 39.0 Å². The highest BCUT2D eigenvalue weighted by Gasteiger charge is 2.49. The molecule has 0 fully saturated rings. The van der Waals surface area contributed by atoms with Gasteiger partial charge < -0.3 is 15.0 Å². The predicted molar refractivity (Wildman–Crippen MR) is 125 cm³/mol.